The highest BCUT2D eigenvalue weighted by molar-refractivity contribution is 5.93. The molecule has 3 aromatic rings. The predicted octanol–water partition coefficient (Wildman–Crippen LogP) is 4.22. The van der Waals surface area contributed by atoms with Crippen LogP contribution in [0.25, 0.3) is 0 Å². The van der Waals surface area contributed by atoms with Crippen molar-refractivity contribution in [3.05, 3.63) is 78.9 Å². The molecular formula is C25H28N2O5. The number of carbonyl (C=O) groups excluding carboxylic acids is 1. The summed E-state index contributed by atoms with van der Waals surface area (Å²) in [6, 6.07) is 24.3. The van der Waals surface area contributed by atoms with Crippen molar-refractivity contribution in [1.82, 2.24) is 0 Å². The van der Waals surface area contributed by atoms with Crippen molar-refractivity contribution in [2.75, 3.05) is 50.7 Å². The number of carbonyl (C=O) groups is 1. The maximum atomic E-state index is 12.3. The van der Waals surface area contributed by atoms with E-state index in [0.29, 0.717) is 43.6 Å². The molecule has 1 amide bonds. The number of hydrogen-bond acceptors (Lipinski definition) is 6. The number of methoxy groups -OCH3 is 1. The lowest BCUT2D eigenvalue weighted by molar-refractivity contribution is -0.114. The maximum absolute atomic E-state index is 12.3. The Kier molecular flexibility index (Phi) is 9.23. The van der Waals surface area contributed by atoms with Crippen LogP contribution in [0, 0.1) is 0 Å². The molecule has 0 unspecified atom stereocenters. The summed E-state index contributed by atoms with van der Waals surface area (Å²) in [6.07, 6.45) is 0. The third kappa shape index (κ3) is 8.20. The number of para-hydroxylation sites is 1. The summed E-state index contributed by atoms with van der Waals surface area (Å²) in [4.78, 5) is 12.3. The smallest absolute Gasteiger partial charge is 0.243 e. The second-order valence-corrected chi connectivity index (χ2v) is 6.81. The fourth-order valence-electron chi connectivity index (χ4n) is 2.83. The van der Waals surface area contributed by atoms with Gasteiger partial charge in [-0.3, -0.25) is 4.79 Å². The van der Waals surface area contributed by atoms with E-state index >= 15 is 0 Å². The zero-order valence-corrected chi connectivity index (χ0v) is 18.1. The van der Waals surface area contributed by atoms with Crippen molar-refractivity contribution in [3.63, 3.8) is 0 Å². The molecule has 2 N–H and O–H groups in total. The number of amides is 1. The average Bonchev–Trinajstić information content (AvgIpc) is 2.82. The van der Waals surface area contributed by atoms with Crippen LogP contribution in [0.3, 0.4) is 0 Å². The highest BCUT2D eigenvalue weighted by Crippen LogP contribution is 2.19. The Morgan fingerprint density at radius 2 is 1.25 bits per heavy atom. The molecule has 0 spiro atoms. The van der Waals surface area contributed by atoms with Gasteiger partial charge in [0, 0.05) is 30.6 Å². The van der Waals surface area contributed by atoms with Crippen molar-refractivity contribution in [2.24, 2.45) is 0 Å². The van der Waals surface area contributed by atoms with E-state index in [9.17, 15) is 4.79 Å². The first-order chi connectivity index (χ1) is 15.7. The topological polar surface area (TPSA) is 78.1 Å². The molecule has 0 heterocycles. The first kappa shape index (κ1) is 23.0. The molecule has 0 atom stereocenters. The van der Waals surface area contributed by atoms with Crippen molar-refractivity contribution in [3.8, 4) is 17.2 Å². The zero-order valence-electron chi connectivity index (χ0n) is 18.1. The molecule has 7 nitrogen and oxygen atoms in total. The van der Waals surface area contributed by atoms with Crippen LogP contribution >= 0.6 is 0 Å². The number of ether oxygens (including phenoxy) is 4. The van der Waals surface area contributed by atoms with Crippen molar-refractivity contribution in [2.45, 2.75) is 0 Å². The number of anilines is 2. The minimum atomic E-state index is -0.166. The largest absolute Gasteiger partial charge is 0.491 e. The van der Waals surface area contributed by atoms with Crippen molar-refractivity contribution < 1.29 is 23.7 Å². The molecule has 32 heavy (non-hydrogen) atoms. The van der Waals surface area contributed by atoms with Crippen LogP contribution in [0.1, 0.15) is 0 Å². The van der Waals surface area contributed by atoms with Crippen LogP contribution in [-0.2, 0) is 9.53 Å². The van der Waals surface area contributed by atoms with Gasteiger partial charge in [0.25, 0.3) is 0 Å². The molecule has 0 bridgehead atoms. The van der Waals surface area contributed by atoms with Crippen LogP contribution in [0.2, 0.25) is 0 Å². The lowest BCUT2D eigenvalue weighted by Crippen LogP contribution is -2.21. The Hall–Kier alpha value is -3.71. The molecule has 0 aromatic heterocycles. The highest BCUT2D eigenvalue weighted by Gasteiger charge is 2.05. The lowest BCUT2D eigenvalue weighted by Gasteiger charge is -2.11. The summed E-state index contributed by atoms with van der Waals surface area (Å²) >= 11 is 0. The van der Waals surface area contributed by atoms with Crippen molar-refractivity contribution >= 4 is 17.3 Å². The first-order valence-corrected chi connectivity index (χ1v) is 10.4. The van der Waals surface area contributed by atoms with Gasteiger partial charge in [-0.15, -0.1) is 0 Å². The Balaban J connectivity index is 1.41. The highest BCUT2D eigenvalue weighted by atomic mass is 16.5. The van der Waals surface area contributed by atoms with Crippen LogP contribution in [0.4, 0.5) is 11.4 Å². The van der Waals surface area contributed by atoms with Gasteiger partial charge in [0.1, 0.15) is 37.1 Å². The van der Waals surface area contributed by atoms with Crippen LogP contribution < -0.4 is 24.8 Å². The maximum Gasteiger partial charge on any atom is 0.243 e. The number of nitrogens with one attached hydrogen (secondary N) is 2. The van der Waals surface area contributed by atoms with E-state index in [0.717, 1.165) is 11.4 Å². The summed E-state index contributed by atoms with van der Waals surface area (Å²) < 4.78 is 21.9. The van der Waals surface area contributed by atoms with Gasteiger partial charge in [-0.1, -0.05) is 30.3 Å². The van der Waals surface area contributed by atoms with E-state index < -0.39 is 0 Å². The third-order valence-electron chi connectivity index (χ3n) is 4.33. The van der Waals surface area contributed by atoms with Gasteiger partial charge < -0.3 is 29.6 Å². The normalized spacial score (nSPS) is 10.3. The third-order valence-corrected chi connectivity index (χ3v) is 4.33. The Bertz CT molecular complexity index is 965. The Morgan fingerprint density at radius 3 is 1.94 bits per heavy atom. The van der Waals surface area contributed by atoms with Gasteiger partial charge in [-0.05, 0) is 36.4 Å². The van der Waals surface area contributed by atoms with Gasteiger partial charge >= 0.3 is 0 Å². The monoisotopic (exact) mass is 436 g/mol. The van der Waals surface area contributed by atoms with Crippen LogP contribution in [-0.4, -0.2) is 46.0 Å². The lowest BCUT2D eigenvalue weighted by atomic mass is 10.3. The molecule has 0 saturated heterocycles. The molecule has 0 saturated carbocycles. The number of hydrogen-bond donors (Lipinski definition) is 2. The van der Waals surface area contributed by atoms with Crippen LogP contribution in [0.5, 0.6) is 17.2 Å². The molecule has 0 aliphatic heterocycles. The summed E-state index contributed by atoms with van der Waals surface area (Å²) in [7, 11) is 1.63. The van der Waals surface area contributed by atoms with Gasteiger partial charge in [-0.25, -0.2) is 0 Å². The molecule has 7 heteroatoms. The van der Waals surface area contributed by atoms with E-state index in [4.69, 9.17) is 18.9 Å². The minimum Gasteiger partial charge on any atom is -0.491 e. The second-order valence-electron chi connectivity index (χ2n) is 6.81. The summed E-state index contributed by atoms with van der Waals surface area (Å²) in [6.45, 7) is 1.94. The second kappa shape index (κ2) is 12.9. The van der Waals surface area contributed by atoms with E-state index in [2.05, 4.69) is 10.6 Å². The summed E-state index contributed by atoms with van der Waals surface area (Å²) in [5, 5.41) is 5.96. The molecule has 0 radical (unpaired) electrons. The Morgan fingerprint density at radius 1 is 0.688 bits per heavy atom. The average molecular weight is 437 g/mol. The van der Waals surface area contributed by atoms with Crippen molar-refractivity contribution in [1.29, 1.82) is 0 Å². The molecule has 3 rings (SSSR count). The van der Waals surface area contributed by atoms with Crippen LogP contribution in [0.15, 0.2) is 78.9 Å². The van der Waals surface area contributed by atoms with E-state index in [-0.39, 0.29) is 12.5 Å². The quantitative estimate of drug-likeness (QED) is 0.391. The number of rotatable bonds is 13. The number of benzene rings is 3. The van der Waals surface area contributed by atoms with E-state index in [1.54, 1.807) is 13.2 Å². The van der Waals surface area contributed by atoms with Gasteiger partial charge in [0.05, 0.1) is 13.2 Å². The van der Waals surface area contributed by atoms with Gasteiger partial charge in [-0.2, -0.15) is 0 Å². The SMILES string of the molecule is COCCOc1cccc(NCC(=O)Nc2cccc(OCCOc3ccccc3)c2)c1. The fourth-order valence-corrected chi connectivity index (χ4v) is 2.83. The standard InChI is InChI=1S/C25H28N2O5/c1-29-13-14-31-23-11-5-7-20(17-23)26-19-25(28)27-21-8-6-12-24(18-21)32-16-15-30-22-9-3-2-4-10-22/h2-12,17-18,26H,13-16,19H2,1H3,(H,27,28). The molecule has 168 valence electrons. The molecular weight excluding hydrogens is 408 g/mol. The predicted molar refractivity (Wildman–Crippen MR) is 125 cm³/mol. The minimum absolute atomic E-state index is 0.123. The first-order valence-electron chi connectivity index (χ1n) is 10.4. The Labute approximate surface area is 188 Å². The molecule has 0 aliphatic rings. The fraction of sp³-hybridized carbons (Fsp3) is 0.240. The van der Waals surface area contributed by atoms with E-state index in [1.165, 1.54) is 0 Å². The molecule has 0 aliphatic carbocycles. The summed E-state index contributed by atoms with van der Waals surface area (Å²) in [5.41, 5.74) is 1.46. The zero-order chi connectivity index (χ0) is 22.4. The van der Waals surface area contributed by atoms with Gasteiger partial charge in [0.2, 0.25) is 5.91 Å². The molecule has 3 aromatic carbocycles. The van der Waals surface area contributed by atoms with Gasteiger partial charge in [0.15, 0.2) is 0 Å². The summed E-state index contributed by atoms with van der Waals surface area (Å²) in [5.74, 6) is 2.01. The van der Waals surface area contributed by atoms with E-state index in [1.807, 2.05) is 72.8 Å². The molecule has 0 fully saturated rings.